The van der Waals surface area contributed by atoms with Gasteiger partial charge in [0.1, 0.15) is 5.69 Å². The van der Waals surface area contributed by atoms with E-state index < -0.39 is 0 Å². The van der Waals surface area contributed by atoms with Crippen LogP contribution in [0.2, 0.25) is 0 Å². The normalized spacial score (nSPS) is 17.6. The number of amides is 1. The van der Waals surface area contributed by atoms with Crippen molar-refractivity contribution in [3.8, 4) is 11.3 Å². The number of halogens is 1. The number of benzene rings is 1. The van der Waals surface area contributed by atoms with Gasteiger partial charge >= 0.3 is 0 Å². The number of hydrogen-bond acceptors (Lipinski definition) is 4. The van der Waals surface area contributed by atoms with E-state index in [0.717, 1.165) is 31.5 Å². The fraction of sp³-hybridized carbons (Fsp3) is 0.375. The van der Waals surface area contributed by atoms with Gasteiger partial charge in [-0.05, 0) is 26.3 Å². The molecule has 1 amide bonds. The van der Waals surface area contributed by atoms with Gasteiger partial charge in [0.05, 0.1) is 0 Å². The molecular weight excluding hydrogens is 302 g/mol. The Balaban J connectivity index is 0.00000176. The van der Waals surface area contributed by atoms with E-state index in [1.807, 2.05) is 31.2 Å². The standard InChI is InChI=1S/C16H19N3O2.ClH/c1-11-4-6-12(7-5-11)14-9-15(21-19-14)16(20)18-13-3-2-8-17-10-13;/h4-7,9,13,17H,2-3,8,10H2,1H3,(H,18,20);1H. The Hall–Kier alpha value is -1.85. The fourth-order valence-corrected chi connectivity index (χ4v) is 2.47. The number of carbonyl (C=O) groups is 1. The molecule has 1 aromatic carbocycles. The molecule has 5 nitrogen and oxygen atoms in total. The summed E-state index contributed by atoms with van der Waals surface area (Å²) in [6.45, 7) is 3.86. The third-order valence-corrected chi connectivity index (χ3v) is 3.71. The molecule has 0 saturated carbocycles. The van der Waals surface area contributed by atoms with Crippen molar-refractivity contribution in [2.75, 3.05) is 13.1 Å². The quantitative estimate of drug-likeness (QED) is 0.911. The molecule has 2 aromatic rings. The summed E-state index contributed by atoms with van der Waals surface area (Å²) < 4.78 is 5.17. The first-order valence-corrected chi connectivity index (χ1v) is 7.28. The molecule has 0 radical (unpaired) electrons. The smallest absolute Gasteiger partial charge is 0.290 e. The molecule has 1 unspecified atom stereocenters. The lowest BCUT2D eigenvalue weighted by Gasteiger charge is -2.23. The maximum Gasteiger partial charge on any atom is 0.290 e. The van der Waals surface area contributed by atoms with E-state index in [1.54, 1.807) is 6.07 Å². The first kappa shape index (κ1) is 16.5. The lowest BCUT2D eigenvalue weighted by Crippen LogP contribution is -2.45. The van der Waals surface area contributed by atoms with Gasteiger partial charge < -0.3 is 15.2 Å². The zero-order valence-electron chi connectivity index (χ0n) is 12.5. The summed E-state index contributed by atoms with van der Waals surface area (Å²) in [6, 6.07) is 9.82. The Morgan fingerprint density at radius 1 is 1.36 bits per heavy atom. The third-order valence-electron chi connectivity index (χ3n) is 3.71. The lowest BCUT2D eigenvalue weighted by molar-refractivity contribution is 0.0893. The first-order valence-electron chi connectivity index (χ1n) is 7.28. The van der Waals surface area contributed by atoms with Crippen LogP contribution in [0.25, 0.3) is 11.3 Å². The molecule has 1 aliphatic rings. The minimum absolute atomic E-state index is 0. The van der Waals surface area contributed by atoms with E-state index in [4.69, 9.17) is 4.52 Å². The van der Waals surface area contributed by atoms with Crippen LogP contribution in [0.15, 0.2) is 34.9 Å². The Kier molecular flexibility index (Phi) is 5.57. The van der Waals surface area contributed by atoms with Crippen molar-refractivity contribution >= 4 is 18.3 Å². The second-order valence-electron chi connectivity index (χ2n) is 5.46. The van der Waals surface area contributed by atoms with Gasteiger partial charge in [0.2, 0.25) is 5.76 Å². The van der Waals surface area contributed by atoms with E-state index in [-0.39, 0.29) is 30.1 Å². The molecule has 2 N–H and O–H groups in total. The Bertz CT molecular complexity index is 619. The second kappa shape index (κ2) is 7.42. The van der Waals surface area contributed by atoms with E-state index >= 15 is 0 Å². The number of aromatic nitrogens is 1. The summed E-state index contributed by atoms with van der Waals surface area (Å²) in [6.07, 6.45) is 2.08. The third kappa shape index (κ3) is 3.87. The summed E-state index contributed by atoms with van der Waals surface area (Å²) in [5.74, 6) is 0.0608. The predicted molar refractivity (Wildman–Crippen MR) is 87.3 cm³/mol. The second-order valence-corrected chi connectivity index (χ2v) is 5.46. The minimum atomic E-state index is -0.199. The molecule has 3 rings (SSSR count). The molecule has 1 atom stereocenters. The maximum absolute atomic E-state index is 12.1. The summed E-state index contributed by atoms with van der Waals surface area (Å²) >= 11 is 0. The highest BCUT2D eigenvalue weighted by molar-refractivity contribution is 5.92. The van der Waals surface area contributed by atoms with Crippen LogP contribution in [-0.2, 0) is 0 Å². The number of piperidine rings is 1. The molecule has 2 heterocycles. The van der Waals surface area contributed by atoms with Crippen molar-refractivity contribution in [2.24, 2.45) is 0 Å². The molecule has 0 bridgehead atoms. The highest BCUT2D eigenvalue weighted by Crippen LogP contribution is 2.19. The van der Waals surface area contributed by atoms with Crippen molar-refractivity contribution in [3.05, 3.63) is 41.7 Å². The van der Waals surface area contributed by atoms with Crippen LogP contribution >= 0.6 is 12.4 Å². The Morgan fingerprint density at radius 3 is 2.82 bits per heavy atom. The number of nitrogens with zero attached hydrogens (tertiary/aromatic N) is 1. The van der Waals surface area contributed by atoms with Gasteiger partial charge in [-0.1, -0.05) is 35.0 Å². The monoisotopic (exact) mass is 321 g/mol. The zero-order valence-corrected chi connectivity index (χ0v) is 13.3. The van der Waals surface area contributed by atoms with Crippen LogP contribution < -0.4 is 10.6 Å². The molecule has 22 heavy (non-hydrogen) atoms. The molecule has 1 fully saturated rings. The molecular formula is C16H20ClN3O2. The predicted octanol–water partition coefficient (Wildman–Crippen LogP) is 2.55. The number of carbonyl (C=O) groups excluding carboxylic acids is 1. The highest BCUT2D eigenvalue weighted by atomic mass is 35.5. The molecule has 0 spiro atoms. The molecule has 118 valence electrons. The molecule has 1 aromatic heterocycles. The topological polar surface area (TPSA) is 67.2 Å². The number of nitrogens with one attached hydrogen (secondary N) is 2. The van der Waals surface area contributed by atoms with Crippen LogP contribution in [0.1, 0.15) is 29.0 Å². The van der Waals surface area contributed by atoms with Crippen LogP contribution in [0.4, 0.5) is 0 Å². The van der Waals surface area contributed by atoms with Crippen LogP contribution in [0.3, 0.4) is 0 Å². The van der Waals surface area contributed by atoms with E-state index in [9.17, 15) is 4.79 Å². The van der Waals surface area contributed by atoms with Gasteiger partial charge in [-0.25, -0.2) is 0 Å². The van der Waals surface area contributed by atoms with Gasteiger partial charge in [-0.3, -0.25) is 4.79 Å². The van der Waals surface area contributed by atoms with Crippen molar-refractivity contribution < 1.29 is 9.32 Å². The van der Waals surface area contributed by atoms with E-state index in [1.165, 1.54) is 5.56 Å². The molecule has 6 heteroatoms. The lowest BCUT2D eigenvalue weighted by atomic mass is 10.1. The number of rotatable bonds is 3. The van der Waals surface area contributed by atoms with E-state index in [0.29, 0.717) is 5.69 Å². The average Bonchev–Trinajstić information content (AvgIpc) is 2.99. The van der Waals surface area contributed by atoms with Crippen molar-refractivity contribution in [1.82, 2.24) is 15.8 Å². The maximum atomic E-state index is 12.1. The zero-order chi connectivity index (χ0) is 14.7. The number of hydrogen-bond donors (Lipinski definition) is 2. The van der Waals surface area contributed by atoms with Gasteiger partial charge in [0.15, 0.2) is 0 Å². The van der Waals surface area contributed by atoms with Crippen molar-refractivity contribution in [3.63, 3.8) is 0 Å². The summed E-state index contributed by atoms with van der Waals surface area (Å²) in [5, 5.41) is 10.2. The van der Waals surface area contributed by atoms with Gasteiger partial charge in [-0.2, -0.15) is 0 Å². The van der Waals surface area contributed by atoms with Crippen LogP contribution in [0.5, 0.6) is 0 Å². The molecule has 1 aliphatic heterocycles. The SMILES string of the molecule is Cc1ccc(-c2cc(C(=O)NC3CCCNC3)on2)cc1.Cl. The highest BCUT2D eigenvalue weighted by Gasteiger charge is 2.19. The van der Waals surface area contributed by atoms with Gasteiger partial charge in [0.25, 0.3) is 5.91 Å². The van der Waals surface area contributed by atoms with E-state index in [2.05, 4.69) is 15.8 Å². The molecule has 1 saturated heterocycles. The summed E-state index contributed by atoms with van der Waals surface area (Å²) in [4.78, 5) is 12.1. The largest absolute Gasteiger partial charge is 0.350 e. The molecule has 0 aliphatic carbocycles. The summed E-state index contributed by atoms with van der Waals surface area (Å²) in [5.41, 5.74) is 2.81. The van der Waals surface area contributed by atoms with Crippen LogP contribution in [-0.4, -0.2) is 30.2 Å². The van der Waals surface area contributed by atoms with Crippen molar-refractivity contribution in [2.45, 2.75) is 25.8 Å². The van der Waals surface area contributed by atoms with Gasteiger partial charge in [-0.15, -0.1) is 12.4 Å². The van der Waals surface area contributed by atoms with Crippen LogP contribution in [0, 0.1) is 6.92 Å². The first-order chi connectivity index (χ1) is 10.2. The fourth-order valence-electron chi connectivity index (χ4n) is 2.47. The minimum Gasteiger partial charge on any atom is -0.350 e. The number of aryl methyl sites for hydroxylation is 1. The Morgan fingerprint density at radius 2 is 2.14 bits per heavy atom. The summed E-state index contributed by atoms with van der Waals surface area (Å²) in [7, 11) is 0. The van der Waals surface area contributed by atoms with Gasteiger partial charge in [0, 0.05) is 24.2 Å². The van der Waals surface area contributed by atoms with Crippen molar-refractivity contribution in [1.29, 1.82) is 0 Å². The Labute approximate surface area is 135 Å². The average molecular weight is 322 g/mol.